The topological polar surface area (TPSA) is 38.0 Å². The predicted molar refractivity (Wildman–Crippen MR) is 58.3 cm³/mol. The molecular weight excluding hydrogens is 184 g/mol. The number of hydrogen-bond acceptors (Lipinski definition) is 2. The molecule has 1 aromatic carbocycles. The highest BCUT2D eigenvalue weighted by Gasteiger charge is 2.04. The molecule has 0 radical (unpaired) electrons. The molecule has 0 spiro atoms. The lowest BCUT2D eigenvalue weighted by molar-refractivity contribution is 0.804. The number of nitrogens with one attached hydrogen (secondary N) is 1. The van der Waals surface area contributed by atoms with E-state index in [0.29, 0.717) is 6.54 Å². The number of halogens is 1. The van der Waals surface area contributed by atoms with Gasteiger partial charge in [-0.15, -0.1) is 0 Å². The standard InChI is InChI=1S/C10H15ClN2/c1-7-4-3-5-9(10(7)11)13-8(2)6-12/h3-5,8,13H,6,12H2,1-2H3. The molecule has 3 heteroatoms. The SMILES string of the molecule is Cc1cccc(NC(C)CN)c1Cl. The Morgan fingerprint density at radius 1 is 1.54 bits per heavy atom. The Balaban J connectivity index is 2.83. The van der Waals surface area contributed by atoms with Gasteiger partial charge >= 0.3 is 0 Å². The maximum Gasteiger partial charge on any atom is 0.0666 e. The molecule has 0 fully saturated rings. The number of nitrogens with two attached hydrogens (primary N) is 1. The lowest BCUT2D eigenvalue weighted by atomic mass is 10.2. The molecule has 0 aliphatic rings. The Labute approximate surface area is 84.1 Å². The van der Waals surface area contributed by atoms with Gasteiger partial charge < -0.3 is 11.1 Å². The van der Waals surface area contributed by atoms with Crippen molar-refractivity contribution in [3.05, 3.63) is 28.8 Å². The fourth-order valence-electron chi connectivity index (χ4n) is 1.08. The van der Waals surface area contributed by atoms with Gasteiger partial charge in [-0.05, 0) is 25.5 Å². The van der Waals surface area contributed by atoms with Crippen LogP contribution in [0.15, 0.2) is 18.2 Å². The third kappa shape index (κ3) is 2.61. The van der Waals surface area contributed by atoms with Gasteiger partial charge in [-0.3, -0.25) is 0 Å². The Hall–Kier alpha value is -0.730. The molecule has 1 unspecified atom stereocenters. The highest BCUT2D eigenvalue weighted by Crippen LogP contribution is 2.25. The van der Waals surface area contributed by atoms with Gasteiger partial charge in [0.25, 0.3) is 0 Å². The van der Waals surface area contributed by atoms with Gasteiger partial charge in [0.1, 0.15) is 0 Å². The van der Waals surface area contributed by atoms with Crippen molar-refractivity contribution in [3.63, 3.8) is 0 Å². The van der Waals surface area contributed by atoms with Crippen LogP contribution in [0.1, 0.15) is 12.5 Å². The van der Waals surface area contributed by atoms with Crippen molar-refractivity contribution in [1.29, 1.82) is 0 Å². The van der Waals surface area contributed by atoms with Crippen LogP contribution in [0.3, 0.4) is 0 Å². The predicted octanol–water partition coefficient (Wildman–Crippen LogP) is 2.41. The van der Waals surface area contributed by atoms with Crippen LogP contribution in [0.25, 0.3) is 0 Å². The number of benzene rings is 1. The summed E-state index contributed by atoms with van der Waals surface area (Å²) >= 11 is 6.09. The van der Waals surface area contributed by atoms with Gasteiger partial charge in [0, 0.05) is 12.6 Å². The summed E-state index contributed by atoms with van der Waals surface area (Å²) < 4.78 is 0. The van der Waals surface area contributed by atoms with Crippen molar-refractivity contribution >= 4 is 17.3 Å². The van der Waals surface area contributed by atoms with E-state index in [1.807, 2.05) is 32.0 Å². The highest BCUT2D eigenvalue weighted by atomic mass is 35.5. The van der Waals surface area contributed by atoms with Crippen LogP contribution in [-0.4, -0.2) is 12.6 Å². The number of anilines is 1. The lowest BCUT2D eigenvalue weighted by Gasteiger charge is -2.14. The molecule has 1 aromatic rings. The molecule has 13 heavy (non-hydrogen) atoms. The molecule has 0 saturated carbocycles. The summed E-state index contributed by atoms with van der Waals surface area (Å²) in [6.07, 6.45) is 0. The third-order valence-corrected chi connectivity index (χ3v) is 2.45. The van der Waals surface area contributed by atoms with E-state index < -0.39 is 0 Å². The van der Waals surface area contributed by atoms with Crippen molar-refractivity contribution < 1.29 is 0 Å². The monoisotopic (exact) mass is 198 g/mol. The third-order valence-electron chi connectivity index (χ3n) is 1.95. The van der Waals surface area contributed by atoms with Crippen molar-refractivity contribution in [3.8, 4) is 0 Å². The molecule has 0 aliphatic heterocycles. The van der Waals surface area contributed by atoms with Gasteiger partial charge in [-0.25, -0.2) is 0 Å². The first-order valence-electron chi connectivity index (χ1n) is 4.37. The molecule has 0 saturated heterocycles. The normalized spacial score (nSPS) is 12.6. The molecule has 0 aliphatic carbocycles. The fourth-order valence-corrected chi connectivity index (χ4v) is 1.26. The van der Waals surface area contributed by atoms with E-state index in [-0.39, 0.29) is 6.04 Å². The second-order valence-electron chi connectivity index (χ2n) is 3.22. The number of aryl methyl sites for hydroxylation is 1. The maximum absolute atomic E-state index is 6.09. The molecule has 1 rings (SSSR count). The summed E-state index contributed by atoms with van der Waals surface area (Å²) in [4.78, 5) is 0. The van der Waals surface area contributed by atoms with Crippen molar-refractivity contribution in [2.24, 2.45) is 5.73 Å². The first-order valence-corrected chi connectivity index (χ1v) is 4.74. The number of rotatable bonds is 3. The molecule has 1 atom stereocenters. The Bertz CT molecular complexity index is 286. The van der Waals surface area contributed by atoms with Crippen LogP contribution in [0.4, 0.5) is 5.69 Å². The van der Waals surface area contributed by atoms with Crippen LogP contribution in [0.2, 0.25) is 5.02 Å². The van der Waals surface area contributed by atoms with E-state index in [1.54, 1.807) is 0 Å². The van der Waals surface area contributed by atoms with E-state index in [1.165, 1.54) is 0 Å². The van der Waals surface area contributed by atoms with E-state index in [9.17, 15) is 0 Å². The molecule has 0 aromatic heterocycles. The Morgan fingerprint density at radius 3 is 2.85 bits per heavy atom. The van der Waals surface area contributed by atoms with Gasteiger partial charge in [0.15, 0.2) is 0 Å². The van der Waals surface area contributed by atoms with Crippen LogP contribution < -0.4 is 11.1 Å². The maximum atomic E-state index is 6.09. The fraction of sp³-hybridized carbons (Fsp3) is 0.400. The van der Waals surface area contributed by atoms with Crippen LogP contribution in [0, 0.1) is 6.92 Å². The minimum Gasteiger partial charge on any atom is -0.380 e. The zero-order valence-electron chi connectivity index (χ0n) is 7.97. The summed E-state index contributed by atoms with van der Waals surface area (Å²) in [5, 5.41) is 4.02. The number of hydrogen-bond donors (Lipinski definition) is 2. The minimum absolute atomic E-state index is 0.249. The Kier molecular flexibility index (Phi) is 3.58. The molecule has 0 bridgehead atoms. The summed E-state index contributed by atoms with van der Waals surface area (Å²) in [5.41, 5.74) is 7.54. The first-order chi connectivity index (χ1) is 6.15. The second-order valence-corrected chi connectivity index (χ2v) is 3.60. The van der Waals surface area contributed by atoms with E-state index in [2.05, 4.69) is 5.32 Å². The molecule has 3 N–H and O–H groups in total. The van der Waals surface area contributed by atoms with E-state index in [4.69, 9.17) is 17.3 Å². The van der Waals surface area contributed by atoms with Crippen LogP contribution in [-0.2, 0) is 0 Å². The molecule has 72 valence electrons. The van der Waals surface area contributed by atoms with E-state index in [0.717, 1.165) is 16.3 Å². The molecule has 0 heterocycles. The van der Waals surface area contributed by atoms with Crippen LogP contribution in [0.5, 0.6) is 0 Å². The van der Waals surface area contributed by atoms with Gasteiger partial charge in [-0.2, -0.15) is 0 Å². The smallest absolute Gasteiger partial charge is 0.0666 e. The summed E-state index contributed by atoms with van der Waals surface area (Å²) in [6, 6.07) is 6.17. The zero-order chi connectivity index (χ0) is 9.84. The summed E-state index contributed by atoms with van der Waals surface area (Å²) in [5.74, 6) is 0. The molecule has 0 amide bonds. The van der Waals surface area contributed by atoms with Crippen molar-refractivity contribution in [1.82, 2.24) is 0 Å². The summed E-state index contributed by atoms with van der Waals surface area (Å²) in [6.45, 7) is 4.61. The second kappa shape index (κ2) is 4.49. The highest BCUT2D eigenvalue weighted by molar-refractivity contribution is 6.34. The van der Waals surface area contributed by atoms with Crippen LogP contribution >= 0.6 is 11.6 Å². The molecular formula is C10H15ClN2. The minimum atomic E-state index is 0.249. The van der Waals surface area contributed by atoms with E-state index >= 15 is 0 Å². The van der Waals surface area contributed by atoms with Crippen molar-refractivity contribution in [2.75, 3.05) is 11.9 Å². The first kappa shape index (κ1) is 10.4. The molecule has 2 nitrogen and oxygen atoms in total. The Morgan fingerprint density at radius 2 is 2.23 bits per heavy atom. The quantitative estimate of drug-likeness (QED) is 0.783. The average molecular weight is 199 g/mol. The van der Waals surface area contributed by atoms with Gasteiger partial charge in [0.2, 0.25) is 0 Å². The van der Waals surface area contributed by atoms with Gasteiger partial charge in [-0.1, -0.05) is 23.7 Å². The van der Waals surface area contributed by atoms with Gasteiger partial charge in [0.05, 0.1) is 10.7 Å². The lowest BCUT2D eigenvalue weighted by Crippen LogP contribution is -2.25. The largest absolute Gasteiger partial charge is 0.380 e. The average Bonchev–Trinajstić information content (AvgIpc) is 2.13. The zero-order valence-corrected chi connectivity index (χ0v) is 8.73. The summed E-state index contributed by atoms with van der Waals surface area (Å²) in [7, 11) is 0. The van der Waals surface area contributed by atoms with Crippen molar-refractivity contribution in [2.45, 2.75) is 19.9 Å².